The highest BCUT2D eigenvalue weighted by atomic mass is 15.1. The molecule has 0 amide bonds. The van der Waals surface area contributed by atoms with E-state index in [1.165, 1.54) is 33.6 Å². The van der Waals surface area contributed by atoms with Crippen LogP contribution in [-0.2, 0) is 0 Å². The maximum absolute atomic E-state index is 2.21. The van der Waals surface area contributed by atoms with Gasteiger partial charge in [0.15, 0.2) is 0 Å². The predicted octanol–water partition coefficient (Wildman–Crippen LogP) is 7.10. The largest absolute Gasteiger partial charge is 0.345 e. The van der Waals surface area contributed by atoms with E-state index >= 15 is 0 Å². The van der Waals surface area contributed by atoms with Gasteiger partial charge in [-0.1, -0.05) is 72.8 Å². The summed E-state index contributed by atoms with van der Waals surface area (Å²) in [5.41, 5.74) is 7.32. The van der Waals surface area contributed by atoms with E-state index in [-0.39, 0.29) is 0 Å². The molecule has 26 heavy (non-hydrogen) atoms. The lowest BCUT2D eigenvalue weighted by molar-refractivity contribution is 1.21. The van der Waals surface area contributed by atoms with Crippen LogP contribution in [0.2, 0.25) is 0 Å². The average Bonchev–Trinajstić information content (AvgIpc) is 2.72. The summed E-state index contributed by atoms with van der Waals surface area (Å²) in [6.07, 6.45) is 6.35. The molecule has 0 aromatic heterocycles. The van der Waals surface area contributed by atoms with Crippen LogP contribution in [0.25, 0.3) is 16.7 Å². The summed E-state index contributed by atoms with van der Waals surface area (Å²) in [5, 5.41) is 0. The standard InChI is InChI=1S/C25H25N/c1-4-9-20(5-2)22-12-16-24(17-13-22)26(3)25-18-14-23(15-19-25)21-10-7-6-8-11-21/h4-19H,1-3H3/b9-4-,20-5+. The molecule has 0 atom stereocenters. The monoisotopic (exact) mass is 339 g/mol. The molecule has 0 N–H and O–H groups in total. The van der Waals surface area contributed by atoms with Crippen molar-refractivity contribution in [2.45, 2.75) is 13.8 Å². The lowest BCUT2D eigenvalue weighted by Gasteiger charge is -2.20. The topological polar surface area (TPSA) is 3.24 Å². The van der Waals surface area contributed by atoms with Crippen LogP contribution >= 0.6 is 0 Å². The van der Waals surface area contributed by atoms with E-state index in [1.54, 1.807) is 0 Å². The molecule has 0 saturated heterocycles. The van der Waals surface area contributed by atoms with Crippen LogP contribution < -0.4 is 4.90 Å². The molecule has 0 saturated carbocycles. The Kier molecular flexibility index (Phi) is 5.70. The molecule has 130 valence electrons. The Morgan fingerprint density at radius 2 is 1.23 bits per heavy atom. The number of benzene rings is 3. The van der Waals surface area contributed by atoms with Crippen LogP contribution in [0.5, 0.6) is 0 Å². The summed E-state index contributed by atoms with van der Waals surface area (Å²) in [6.45, 7) is 4.12. The molecule has 3 aromatic rings. The minimum absolute atomic E-state index is 1.18. The Morgan fingerprint density at radius 1 is 0.692 bits per heavy atom. The Labute approximate surface area is 156 Å². The fourth-order valence-electron chi connectivity index (χ4n) is 3.07. The van der Waals surface area contributed by atoms with Gasteiger partial charge in [0.25, 0.3) is 0 Å². The van der Waals surface area contributed by atoms with Gasteiger partial charge in [-0.2, -0.15) is 0 Å². The van der Waals surface area contributed by atoms with Crippen molar-refractivity contribution < 1.29 is 0 Å². The zero-order valence-corrected chi connectivity index (χ0v) is 15.7. The Balaban J connectivity index is 1.80. The first-order chi connectivity index (χ1) is 12.7. The Bertz CT molecular complexity index is 885. The van der Waals surface area contributed by atoms with Gasteiger partial charge in [-0.05, 0) is 60.4 Å². The number of allylic oxidation sites excluding steroid dienone is 4. The van der Waals surface area contributed by atoms with E-state index in [0.717, 1.165) is 0 Å². The molecule has 0 aliphatic rings. The zero-order valence-electron chi connectivity index (χ0n) is 15.7. The quantitative estimate of drug-likeness (QED) is 0.448. The van der Waals surface area contributed by atoms with Crippen molar-refractivity contribution in [1.29, 1.82) is 0 Å². The molecule has 0 heterocycles. The number of hydrogen-bond donors (Lipinski definition) is 0. The highest BCUT2D eigenvalue weighted by Crippen LogP contribution is 2.28. The van der Waals surface area contributed by atoms with Crippen LogP contribution in [0.4, 0.5) is 11.4 Å². The first kappa shape index (κ1) is 17.8. The average molecular weight is 339 g/mol. The maximum atomic E-state index is 2.21. The van der Waals surface area contributed by atoms with E-state index in [1.807, 2.05) is 13.0 Å². The fourth-order valence-corrected chi connectivity index (χ4v) is 3.07. The molecule has 0 fully saturated rings. The van der Waals surface area contributed by atoms with Crippen molar-refractivity contribution in [3.63, 3.8) is 0 Å². The third-order valence-electron chi connectivity index (χ3n) is 4.61. The van der Waals surface area contributed by atoms with Crippen molar-refractivity contribution in [3.8, 4) is 11.1 Å². The second-order valence-corrected chi connectivity index (χ2v) is 6.26. The van der Waals surface area contributed by atoms with E-state index in [2.05, 4.69) is 110 Å². The smallest absolute Gasteiger partial charge is 0.0408 e. The molecule has 0 aliphatic carbocycles. The van der Waals surface area contributed by atoms with Crippen molar-refractivity contribution in [1.82, 2.24) is 0 Å². The normalized spacial score (nSPS) is 11.7. The van der Waals surface area contributed by atoms with Gasteiger partial charge in [0.2, 0.25) is 0 Å². The summed E-state index contributed by atoms with van der Waals surface area (Å²) < 4.78 is 0. The molecule has 0 unspecified atom stereocenters. The minimum Gasteiger partial charge on any atom is -0.345 e. The molecule has 0 radical (unpaired) electrons. The van der Waals surface area contributed by atoms with Crippen molar-refractivity contribution in [2.75, 3.05) is 11.9 Å². The van der Waals surface area contributed by atoms with Gasteiger partial charge in [-0.25, -0.2) is 0 Å². The first-order valence-electron chi connectivity index (χ1n) is 9.01. The predicted molar refractivity (Wildman–Crippen MR) is 115 cm³/mol. The molecule has 0 spiro atoms. The van der Waals surface area contributed by atoms with E-state index in [9.17, 15) is 0 Å². The van der Waals surface area contributed by atoms with Gasteiger partial charge < -0.3 is 4.90 Å². The van der Waals surface area contributed by atoms with Crippen LogP contribution in [-0.4, -0.2) is 7.05 Å². The first-order valence-corrected chi connectivity index (χ1v) is 9.01. The van der Waals surface area contributed by atoms with Gasteiger partial charge >= 0.3 is 0 Å². The van der Waals surface area contributed by atoms with E-state index in [0.29, 0.717) is 0 Å². The zero-order chi connectivity index (χ0) is 18.4. The minimum atomic E-state index is 1.18. The highest BCUT2D eigenvalue weighted by Gasteiger charge is 2.05. The molecule has 3 rings (SSSR count). The second-order valence-electron chi connectivity index (χ2n) is 6.26. The molecule has 1 nitrogen and oxygen atoms in total. The maximum Gasteiger partial charge on any atom is 0.0408 e. The number of hydrogen-bond acceptors (Lipinski definition) is 1. The molecular formula is C25H25N. The second kappa shape index (κ2) is 8.35. The van der Waals surface area contributed by atoms with Crippen LogP contribution in [0.1, 0.15) is 19.4 Å². The molecule has 0 bridgehead atoms. The molecule has 1 heteroatoms. The lowest BCUT2D eigenvalue weighted by atomic mass is 10.0. The third-order valence-corrected chi connectivity index (χ3v) is 4.61. The van der Waals surface area contributed by atoms with Crippen molar-refractivity contribution in [2.24, 2.45) is 0 Å². The van der Waals surface area contributed by atoms with Crippen molar-refractivity contribution in [3.05, 3.63) is 103 Å². The fraction of sp³-hybridized carbons (Fsp3) is 0.120. The third kappa shape index (κ3) is 3.94. The summed E-state index contributed by atoms with van der Waals surface area (Å²) in [7, 11) is 2.11. The van der Waals surface area contributed by atoms with Gasteiger partial charge in [-0.15, -0.1) is 0 Å². The van der Waals surface area contributed by atoms with E-state index in [4.69, 9.17) is 0 Å². The molecule has 3 aromatic carbocycles. The Morgan fingerprint density at radius 3 is 1.77 bits per heavy atom. The van der Waals surface area contributed by atoms with Crippen LogP contribution in [0, 0.1) is 0 Å². The van der Waals surface area contributed by atoms with Crippen LogP contribution in [0.15, 0.2) is 97.1 Å². The van der Waals surface area contributed by atoms with Crippen molar-refractivity contribution >= 4 is 16.9 Å². The summed E-state index contributed by atoms with van der Waals surface area (Å²) >= 11 is 0. The Hall–Kier alpha value is -3.06. The number of nitrogens with zero attached hydrogens (tertiary/aromatic N) is 1. The van der Waals surface area contributed by atoms with E-state index < -0.39 is 0 Å². The summed E-state index contributed by atoms with van der Waals surface area (Å²) in [6, 6.07) is 27.9. The summed E-state index contributed by atoms with van der Waals surface area (Å²) in [4.78, 5) is 2.21. The van der Waals surface area contributed by atoms with Crippen LogP contribution in [0.3, 0.4) is 0 Å². The number of rotatable bonds is 5. The lowest BCUT2D eigenvalue weighted by Crippen LogP contribution is -2.09. The van der Waals surface area contributed by atoms with Gasteiger partial charge in [-0.3, -0.25) is 0 Å². The SMILES string of the molecule is C/C=C\C(=C/C)c1ccc(N(C)c2ccc(-c3ccccc3)cc2)cc1. The number of anilines is 2. The van der Waals surface area contributed by atoms with Gasteiger partial charge in [0.1, 0.15) is 0 Å². The molecule has 0 aliphatic heterocycles. The van der Waals surface area contributed by atoms with Gasteiger partial charge in [0.05, 0.1) is 0 Å². The highest BCUT2D eigenvalue weighted by molar-refractivity contribution is 5.76. The van der Waals surface area contributed by atoms with Gasteiger partial charge in [0, 0.05) is 18.4 Å². The summed E-state index contributed by atoms with van der Waals surface area (Å²) in [5.74, 6) is 0. The molecular weight excluding hydrogens is 314 g/mol.